The highest BCUT2D eigenvalue weighted by Crippen LogP contribution is 2.41. The van der Waals surface area contributed by atoms with Gasteiger partial charge >= 0.3 is 0 Å². The van der Waals surface area contributed by atoms with E-state index in [1.165, 1.54) is 12.5 Å². The Morgan fingerprint density at radius 2 is 2.04 bits per heavy atom. The average Bonchev–Trinajstić information content (AvgIpc) is 3.23. The Kier molecular flexibility index (Phi) is 4.33. The molecule has 1 aliphatic carbocycles. The van der Waals surface area contributed by atoms with Crippen LogP contribution in [0.25, 0.3) is 11.3 Å². The van der Waals surface area contributed by atoms with Crippen molar-refractivity contribution in [2.45, 2.75) is 30.3 Å². The Hall–Kier alpha value is -2.52. The minimum Gasteiger partial charge on any atom is -0.339 e. The van der Waals surface area contributed by atoms with Crippen molar-refractivity contribution in [1.29, 1.82) is 0 Å². The first-order chi connectivity index (χ1) is 12.5. The molecule has 9 heteroatoms. The first-order valence-corrected chi connectivity index (χ1v) is 9.97. The Balaban J connectivity index is 1.49. The number of pyridine rings is 1. The van der Waals surface area contributed by atoms with E-state index in [9.17, 15) is 8.42 Å². The number of aromatic nitrogens is 5. The van der Waals surface area contributed by atoms with Crippen LogP contribution in [0.4, 0.5) is 0 Å². The van der Waals surface area contributed by atoms with Gasteiger partial charge in [-0.25, -0.2) is 18.1 Å². The smallest absolute Gasteiger partial charge is 0.259 e. The molecule has 0 spiro atoms. The molecule has 0 amide bonds. The molecular weight excluding hydrogens is 352 g/mol. The van der Waals surface area contributed by atoms with E-state index in [4.69, 9.17) is 0 Å². The van der Waals surface area contributed by atoms with Crippen molar-refractivity contribution < 1.29 is 8.42 Å². The summed E-state index contributed by atoms with van der Waals surface area (Å²) in [5.41, 5.74) is 3.06. The van der Waals surface area contributed by atoms with Crippen molar-refractivity contribution in [3.05, 3.63) is 48.8 Å². The second-order valence-corrected chi connectivity index (χ2v) is 8.18. The lowest BCUT2D eigenvalue weighted by molar-refractivity contribution is 0.549. The molecule has 1 saturated carbocycles. The molecule has 1 fully saturated rings. The summed E-state index contributed by atoms with van der Waals surface area (Å²) in [5, 5.41) is 4.70. The molecule has 3 aromatic rings. The maximum absolute atomic E-state index is 12.3. The maximum atomic E-state index is 12.3. The van der Waals surface area contributed by atoms with Crippen LogP contribution in [0.15, 0.2) is 48.1 Å². The predicted molar refractivity (Wildman–Crippen MR) is 95.8 cm³/mol. The minimum absolute atomic E-state index is 0.0281. The van der Waals surface area contributed by atoms with Gasteiger partial charge in [0.15, 0.2) is 5.03 Å². The zero-order valence-corrected chi connectivity index (χ0v) is 15.2. The summed E-state index contributed by atoms with van der Waals surface area (Å²) in [7, 11) is -1.87. The fraction of sp³-hybridized carbons (Fsp3) is 0.353. The topological polar surface area (TPSA) is 94.7 Å². The van der Waals surface area contributed by atoms with E-state index in [1.807, 2.05) is 16.8 Å². The molecule has 0 aromatic carbocycles. The molecule has 8 nitrogen and oxygen atoms in total. The van der Waals surface area contributed by atoms with Gasteiger partial charge in [0.1, 0.15) is 0 Å². The largest absolute Gasteiger partial charge is 0.339 e. The summed E-state index contributed by atoms with van der Waals surface area (Å²) >= 11 is 0. The molecule has 136 valence electrons. The van der Waals surface area contributed by atoms with E-state index < -0.39 is 10.0 Å². The quantitative estimate of drug-likeness (QED) is 0.679. The van der Waals surface area contributed by atoms with Crippen LogP contribution in [0.1, 0.15) is 24.5 Å². The van der Waals surface area contributed by atoms with E-state index in [0.29, 0.717) is 12.5 Å². The van der Waals surface area contributed by atoms with Crippen molar-refractivity contribution in [2.24, 2.45) is 7.05 Å². The van der Waals surface area contributed by atoms with Gasteiger partial charge in [-0.2, -0.15) is 5.10 Å². The van der Waals surface area contributed by atoms with Crippen LogP contribution in [0, 0.1) is 0 Å². The van der Waals surface area contributed by atoms with Crippen molar-refractivity contribution in [3.8, 4) is 11.3 Å². The third kappa shape index (κ3) is 3.54. The maximum Gasteiger partial charge on any atom is 0.259 e. The highest BCUT2D eigenvalue weighted by molar-refractivity contribution is 7.89. The van der Waals surface area contributed by atoms with Crippen LogP contribution >= 0.6 is 0 Å². The minimum atomic E-state index is -3.60. The second-order valence-electron chi connectivity index (χ2n) is 6.46. The summed E-state index contributed by atoms with van der Waals surface area (Å²) in [6, 6.07) is 5.94. The van der Waals surface area contributed by atoms with Crippen LogP contribution in [0.2, 0.25) is 0 Å². The predicted octanol–water partition coefficient (Wildman–Crippen LogP) is 1.53. The second kappa shape index (κ2) is 6.65. The lowest BCUT2D eigenvalue weighted by atomic mass is 10.2. The van der Waals surface area contributed by atoms with Gasteiger partial charge in [-0.1, -0.05) is 0 Å². The van der Waals surface area contributed by atoms with Gasteiger partial charge in [0.2, 0.25) is 0 Å². The van der Waals surface area contributed by atoms with Crippen molar-refractivity contribution in [3.63, 3.8) is 0 Å². The normalized spacial score (nSPS) is 14.7. The Bertz CT molecular complexity index is 1010. The van der Waals surface area contributed by atoms with E-state index >= 15 is 0 Å². The van der Waals surface area contributed by atoms with Gasteiger partial charge < -0.3 is 4.57 Å². The first-order valence-electron chi connectivity index (χ1n) is 8.49. The van der Waals surface area contributed by atoms with Crippen molar-refractivity contribution in [1.82, 2.24) is 29.0 Å². The summed E-state index contributed by atoms with van der Waals surface area (Å²) in [5.74, 6) is 0.519. The highest BCUT2D eigenvalue weighted by Gasteiger charge is 2.28. The standard InChI is InChI=1S/C17H20N6O2S/c1-22-11-17(19-12-22)26(24,25)20-8-9-23-16(14-2-3-14)10-15(21-23)13-4-6-18-7-5-13/h4-7,10-12,14,20H,2-3,8-9H2,1H3. The average molecular weight is 372 g/mol. The van der Waals surface area contributed by atoms with Crippen LogP contribution in [0.5, 0.6) is 0 Å². The van der Waals surface area contributed by atoms with Gasteiger partial charge in [0, 0.05) is 49.4 Å². The summed E-state index contributed by atoms with van der Waals surface area (Å²) in [4.78, 5) is 7.93. The lowest BCUT2D eigenvalue weighted by Gasteiger charge is -2.07. The third-order valence-corrected chi connectivity index (χ3v) is 5.70. The molecule has 0 aliphatic heterocycles. The number of rotatable bonds is 7. The molecule has 0 unspecified atom stereocenters. The van der Waals surface area contributed by atoms with E-state index in [1.54, 1.807) is 24.0 Å². The summed E-state index contributed by atoms with van der Waals surface area (Å²) in [6.07, 6.45) is 8.74. The summed E-state index contributed by atoms with van der Waals surface area (Å²) in [6.45, 7) is 0.735. The number of sulfonamides is 1. The first kappa shape index (κ1) is 16.9. The molecule has 1 N–H and O–H groups in total. The van der Waals surface area contributed by atoms with Gasteiger partial charge in [0.25, 0.3) is 10.0 Å². The Morgan fingerprint density at radius 3 is 2.69 bits per heavy atom. The fourth-order valence-corrected chi connectivity index (χ4v) is 3.87. The molecule has 3 aromatic heterocycles. The van der Waals surface area contributed by atoms with Crippen molar-refractivity contribution in [2.75, 3.05) is 6.54 Å². The number of imidazole rings is 1. The molecular formula is C17H20N6O2S. The Labute approximate surface area is 152 Å². The molecule has 0 saturated heterocycles. The van der Waals surface area contributed by atoms with E-state index in [-0.39, 0.29) is 11.6 Å². The molecule has 0 radical (unpaired) electrons. The van der Waals surface area contributed by atoms with Crippen LogP contribution in [-0.2, 0) is 23.6 Å². The monoisotopic (exact) mass is 372 g/mol. The zero-order valence-electron chi connectivity index (χ0n) is 14.4. The van der Waals surface area contributed by atoms with Gasteiger partial charge in [-0.3, -0.25) is 9.67 Å². The molecule has 0 atom stereocenters. The van der Waals surface area contributed by atoms with Crippen LogP contribution in [0.3, 0.4) is 0 Å². The lowest BCUT2D eigenvalue weighted by Crippen LogP contribution is -2.28. The highest BCUT2D eigenvalue weighted by atomic mass is 32.2. The van der Waals surface area contributed by atoms with Crippen LogP contribution in [-0.4, -0.2) is 39.3 Å². The summed E-state index contributed by atoms with van der Waals surface area (Å²) < 4.78 is 30.7. The van der Waals surface area contributed by atoms with Crippen LogP contribution < -0.4 is 4.72 Å². The molecule has 0 bridgehead atoms. The molecule has 3 heterocycles. The number of nitrogens with one attached hydrogen (secondary N) is 1. The van der Waals surface area contributed by atoms with Gasteiger partial charge in [-0.15, -0.1) is 0 Å². The Morgan fingerprint density at radius 1 is 1.27 bits per heavy atom. The van der Waals surface area contributed by atoms with E-state index in [0.717, 1.165) is 29.8 Å². The molecule has 1 aliphatic rings. The van der Waals surface area contributed by atoms with E-state index in [2.05, 4.69) is 25.9 Å². The third-order valence-electron chi connectivity index (χ3n) is 4.36. The molecule has 26 heavy (non-hydrogen) atoms. The number of aryl methyl sites for hydroxylation is 1. The van der Waals surface area contributed by atoms with Gasteiger partial charge in [0.05, 0.1) is 18.6 Å². The zero-order chi connectivity index (χ0) is 18.1. The SMILES string of the molecule is Cn1cnc(S(=O)(=O)NCCn2nc(-c3ccncc3)cc2C2CC2)c1. The fourth-order valence-electron chi connectivity index (χ4n) is 2.87. The number of nitrogens with zero attached hydrogens (tertiary/aromatic N) is 5. The molecule has 4 rings (SSSR count). The number of hydrogen-bond acceptors (Lipinski definition) is 5. The number of hydrogen-bond donors (Lipinski definition) is 1. The van der Waals surface area contributed by atoms with Gasteiger partial charge in [-0.05, 0) is 31.0 Å². The van der Waals surface area contributed by atoms with Crippen molar-refractivity contribution >= 4 is 10.0 Å².